The number of likely N-dealkylation sites (tertiary alicyclic amines) is 1. The van der Waals surface area contributed by atoms with Gasteiger partial charge in [-0.3, -0.25) is 14.5 Å². The van der Waals surface area contributed by atoms with E-state index in [1.165, 1.54) is 29.9 Å². The number of nitrogens with zero attached hydrogens (tertiary/aromatic N) is 2. The van der Waals surface area contributed by atoms with Gasteiger partial charge in [-0.2, -0.15) is 0 Å². The van der Waals surface area contributed by atoms with Crippen molar-refractivity contribution < 1.29 is 9.21 Å². The summed E-state index contributed by atoms with van der Waals surface area (Å²) >= 11 is 0. The van der Waals surface area contributed by atoms with E-state index in [9.17, 15) is 9.59 Å². The van der Waals surface area contributed by atoms with Gasteiger partial charge >= 0.3 is 0 Å². The first-order valence-corrected chi connectivity index (χ1v) is 8.37. The molecule has 3 rings (SSSR count). The second kappa shape index (κ2) is 7.49. The van der Waals surface area contributed by atoms with Gasteiger partial charge in [-0.1, -0.05) is 6.42 Å². The number of aromatic nitrogens is 1. The number of furan rings is 1. The first-order valence-electron chi connectivity index (χ1n) is 8.37. The van der Waals surface area contributed by atoms with E-state index in [4.69, 9.17) is 4.42 Å². The number of rotatable bonds is 5. The van der Waals surface area contributed by atoms with Crippen LogP contribution in [-0.4, -0.2) is 35.0 Å². The molecule has 2 aromatic heterocycles. The average Bonchev–Trinajstić information content (AvgIpc) is 3.12. The van der Waals surface area contributed by atoms with Crippen LogP contribution in [0, 0.1) is 0 Å². The number of carbonyl (C=O) groups excluding carboxylic acids is 1. The zero-order valence-electron chi connectivity index (χ0n) is 13.9. The molecule has 3 heterocycles. The van der Waals surface area contributed by atoms with Gasteiger partial charge in [-0.15, -0.1) is 0 Å². The Morgan fingerprint density at radius 2 is 2.08 bits per heavy atom. The zero-order valence-corrected chi connectivity index (χ0v) is 13.9. The van der Waals surface area contributed by atoms with Crippen LogP contribution in [-0.2, 0) is 7.05 Å². The molecular weight excluding hydrogens is 306 g/mol. The molecule has 1 aliphatic rings. The molecule has 128 valence electrons. The molecular formula is C18H23N3O3. The van der Waals surface area contributed by atoms with Crippen molar-refractivity contribution in [2.75, 3.05) is 19.6 Å². The monoisotopic (exact) mass is 329 g/mol. The molecule has 6 nitrogen and oxygen atoms in total. The Labute approximate surface area is 141 Å². The minimum Gasteiger partial charge on any atom is -0.468 e. The van der Waals surface area contributed by atoms with Crippen LogP contribution in [0.2, 0.25) is 0 Å². The molecule has 0 aliphatic carbocycles. The van der Waals surface area contributed by atoms with E-state index in [0.29, 0.717) is 12.1 Å². The first kappa shape index (κ1) is 16.5. The lowest BCUT2D eigenvalue weighted by Crippen LogP contribution is -2.40. The second-order valence-corrected chi connectivity index (χ2v) is 6.20. The van der Waals surface area contributed by atoms with Gasteiger partial charge in [0.05, 0.1) is 12.3 Å². The largest absolute Gasteiger partial charge is 0.468 e. The van der Waals surface area contributed by atoms with Crippen molar-refractivity contribution in [3.63, 3.8) is 0 Å². The fraction of sp³-hybridized carbons (Fsp3) is 0.444. The van der Waals surface area contributed by atoms with Crippen LogP contribution in [0.15, 0.2) is 45.9 Å². The number of hydrogen-bond donors (Lipinski definition) is 1. The molecule has 24 heavy (non-hydrogen) atoms. The number of amides is 1. The van der Waals surface area contributed by atoms with E-state index < -0.39 is 0 Å². The highest BCUT2D eigenvalue weighted by atomic mass is 16.3. The van der Waals surface area contributed by atoms with Gasteiger partial charge < -0.3 is 14.3 Å². The Morgan fingerprint density at radius 1 is 1.29 bits per heavy atom. The number of carbonyl (C=O) groups is 1. The average molecular weight is 329 g/mol. The van der Waals surface area contributed by atoms with Crippen molar-refractivity contribution in [3.8, 4) is 0 Å². The van der Waals surface area contributed by atoms with Gasteiger partial charge in [0.15, 0.2) is 0 Å². The predicted molar refractivity (Wildman–Crippen MR) is 90.9 cm³/mol. The molecule has 0 radical (unpaired) electrons. The summed E-state index contributed by atoms with van der Waals surface area (Å²) in [5, 5.41) is 2.94. The Kier molecular flexibility index (Phi) is 5.15. The summed E-state index contributed by atoms with van der Waals surface area (Å²) in [5.41, 5.74) is 0.191. The molecule has 1 amide bonds. The molecule has 1 unspecified atom stereocenters. The van der Waals surface area contributed by atoms with Crippen molar-refractivity contribution >= 4 is 5.91 Å². The van der Waals surface area contributed by atoms with Crippen molar-refractivity contribution in [1.82, 2.24) is 14.8 Å². The van der Waals surface area contributed by atoms with Crippen molar-refractivity contribution in [1.29, 1.82) is 0 Å². The summed E-state index contributed by atoms with van der Waals surface area (Å²) in [4.78, 5) is 26.4. The van der Waals surface area contributed by atoms with E-state index in [1.54, 1.807) is 25.6 Å². The lowest BCUT2D eigenvalue weighted by molar-refractivity contribution is 0.0914. The third-order valence-electron chi connectivity index (χ3n) is 4.53. The van der Waals surface area contributed by atoms with E-state index >= 15 is 0 Å². The molecule has 0 spiro atoms. The van der Waals surface area contributed by atoms with Gasteiger partial charge in [0.2, 0.25) is 0 Å². The Hall–Kier alpha value is -2.34. The molecule has 1 atom stereocenters. The standard InChI is InChI=1S/C18H23N3O3/c1-20-10-7-14(12-17(20)22)18(23)19-13-15(16-6-5-11-24-16)21-8-3-2-4-9-21/h5-7,10-12,15H,2-4,8-9,13H2,1H3,(H,19,23). The lowest BCUT2D eigenvalue weighted by atomic mass is 10.1. The van der Waals surface area contributed by atoms with Crippen LogP contribution in [0.4, 0.5) is 0 Å². The number of nitrogens with one attached hydrogen (secondary N) is 1. The van der Waals surface area contributed by atoms with E-state index in [1.807, 2.05) is 12.1 Å². The molecule has 6 heteroatoms. The van der Waals surface area contributed by atoms with Crippen LogP contribution >= 0.6 is 0 Å². The SMILES string of the molecule is Cn1ccc(C(=O)NCC(c2ccco2)N2CCCCC2)cc1=O. The van der Waals surface area contributed by atoms with Crippen molar-refractivity contribution in [2.45, 2.75) is 25.3 Å². The second-order valence-electron chi connectivity index (χ2n) is 6.20. The van der Waals surface area contributed by atoms with Crippen LogP contribution < -0.4 is 10.9 Å². The quantitative estimate of drug-likeness (QED) is 0.910. The zero-order chi connectivity index (χ0) is 16.9. The summed E-state index contributed by atoms with van der Waals surface area (Å²) in [6.45, 7) is 2.47. The number of piperidine rings is 1. The molecule has 0 bridgehead atoms. The smallest absolute Gasteiger partial charge is 0.251 e. The number of aryl methyl sites for hydroxylation is 1. The molecule has 1 saturated heterocycles. The topological polar surface area (TPSA) is 67.5 Å². The summed E-state index contributed by atoms with van der Waals surface area (Å²) in [6, 6.07) is 6.85. The fourth-order valence-corrected chi connectivity index (χ4v) is 3.10. The highest BCUT2D eigenvalue weighted by Crippen LogP contribution is 2.24. The number of pyridine rings is 1. The van der Waals surface area contributed by atoms with Crippen LogP contribution in [0.5, 0.6) is 0 Å². The summed E-state index contributed by atoms with van der Waals surface area (Å²) < 4.78 is 7.02. The molecule has 1 fully saturated rings. The van der Waals surface area contributed by atoms with Crippen molar-refractivity contribution in [2.24, 2.45) is 7.05 Å². The fourth-order valence-electron chi connectivity index (χ4n) is 3.10. The van der Waals surface area contributed by atoms with Gasteiger partial charge in [0, 0.05) is 31.4 Å². The molecule has 0 saturated carbocycles. The van der Waals surface area contributed by atoms with Gasteiger partial charge in [-0.05, 0) is 44.1 Å². The van der Waals surface area contributed by atoms with Gasteiger partial charge in [0.1, 0.15) is 5.76 Å². The van der Waals surface area contributed by atoms with Crippen LogP contribution in [0.3, 0.4) is 0 Å². The predicted octanol–water partition coefficient (Wildman–Crippen LogP) is 1.94. The normalized spacial score (nSPS) is 16.7. The minimum atomic E-state index is -0.235. The summed E-state index contributed by atoms with van der Waals surface area (Å²) in [7, 11) is 1.66. The molecule has 1 N–H and O–H groups in total. The highest BCUT2D eigenvalue weighted by molar-refractivity contribution is 5.93. The van der Waals surface area contributed by atoms with Gasteiger partial charge in [-0.25, -0.2) is 0 Å². The molecule has 0 aromatic carbocycles. The Balaban J connectivity index is 1.69. The van der Waals surface area contributed by atoms with E-state index in [2.05, 4.69) is 10.2 Å². The van der Waals surface area contributed by atoms with E-state index in [-0.39, 0.29) is 17.5 Å². The van der Waals surface area contributed by atoms with Crippen LogP contribution in [0.1, 0.15) is 41.4 Å². The van der Waals surface area contributed by atoms with E-state index in [0.717, 1.165) is 18.8 Å². The minimum absolute atomic E-state index is 0.0239. The maximum absolute atomic E-state index is 12.4. The molecule has 2 aromatic rings. The third-order valence-corrected chi connectivity index (χ3v) is 4.53. The maximum Gasteiger partial charge on any atom is 0.251 e. The first-order chi connectivity index (χ1) is 11.6. The van der Waals surface area contributed by atoms with Crippen LogP contribution in [0.25, 0.3) is 0 Å². The number of hydrogen-bond acceptors (Lipinski definition) is 4. The Morgan fingerprint density at radius 3 is 2.75 bits per heavy atom. The van der Waals surface area contributed by atoms with Gasteiger partial charge in [0.25, 0.3) is 11.5 Å². The third kappa shape index (κ3) is 3.76. The summed E-state index contributed by atoms with van der Waals surface area (Å²) in [5.74, 6) is 0.627. The summed E-state index contributed by atoms with van der Waals surface area (Å²) in [6.07, 6.45) is 6.85. The van der Waals surface area contributed by atoms with Crippen molar-refractivity contribution in [3.05, 3.63) is 58.4 Å². The highest BCUT2D eigenvalue weighted by Gasteiger charge is 2.25. The Bertz CT molecular complexity index is 730. The molecule has 1 aliphatic heterocycles. The maximum atomic E-state index is 12.4. The lowest BCUT2D eigenvalue weighted by Gasteiger charge is -2.33.